The summed E-state index contributed by atoms with van der Waals surface area (Å²) in [6.45, 7) is 2.05. The molecule has 0 bridgehead atoms. The van der Waals surface area contributed by atoms with E-state index in [0.29, 0.717) is 43.2 Å². The predicted octanol–water partition coefficient (Wildman–Crippen LogP) is 0.0378. The molecule has 1 aromatic carbocycles. The van der Waals surface area contributed by atoms with Crippen LogP contribution in [-0.2, 0) is 9.59 Å². The van der Waals surface area contributed by atoms with Crippen molar-refractivity contribution in [2.75, 3.05) is 44.3 Å². The minimum atomic E-state index is -0.146. The number of anilines is 2. The first-order valence-electron chi connectivity index (χ1n) is 6.81. The maximum Gasteiger partial charge on any atom is 0.238 e. The molecule has 1 saturated heterocycles. The summed E-state index contributed by atoms with van der Waals surface area (Å²) in [5.74, 6) is 0.404. The molecular weight excluding hydrogens is 272 g/mol. The Kier molecular flexibility index (Phi) is 4.99. The average molecular weight is 292 g/mol. The van der Waals surface area contributed by atoms with Gasteiger partial charge in [0, 0.05) is 37.8 Å². The Hall–Kier alpha value is -2.28. The van der Waals surface area contributed by atoms with Gasteiger partial charge in [-0.05, 0) is 12.1 Å². The highest BCUT2D eigenvalue weighted by atomic mass is 16.5. The number of carbonyl (C=O) groups is 2. The summed E-state index contributed by atoms with van der Waals surface area (Å²) >= 11 is 0. The summed E-state index contributed by atoms with van der Waals surface area (Å²) < 4.78 is 5.19. The van der Waals surface area contributed by atoms with Crippen molar-refractivity contribution in [1.29, 1.82) is 0 Å². The minimum Gasteiger partial charge on any atom is -0.494 e. The Morgan fingerprint density at radius 1 is 1.48 bits per heavy atom. The van der Waals surface area contributed by atoms with Gasteiger partial charge in [0.05, 0.1) is 19.3 Å². The van der Waals surface area contributed by atoms with Crippen molar-refractivity contribution >= 4 is 23.2 Å². The first-order valence-corrected chi connectivity index (χ1v) is 6.81. The van der Waals surface area contributed by atoms with Crippen LogP contribution in [0.15, 0.2) is 18.2 Å². The largest absolute Gasteiger partial charge is 0.494 e. The summed E-state index contributed by atoms with van der Waals surface area (Å²) in [4.78, 5) is 25.3. The van der Waals surface area contributed by atoms with E-state index in [0.717, 1.165) is 0 Å². The zero-order valence-electron chi connectivity index (χ0n) is 12.0. The molecule has 0 atom stereocenters. The van der Waals surface area contributed by atoms with Crippen molar-refractivity contribution in [2.45, 2.75) is 6.42 Å². The van der Waals surface area contributed by atoms with E-state index >= 15 is 0 Å². The topological polar surface area (TPSA) is 96.7 Å². The third kappa shape index (κ3) is 4.35. The zero-order valence-corrected chi connectivity index (χ0v) is 12.0. The van der Waals surface area contributed by atoms with E-state index in [4.69, 9.17) is 10.5 Å². The van der Waals surface area contributed by atoms with Crippen LogP contribution in [0.2, 0.25) is 0 Å². The molecule has 1 aliphatic rings. The SMILES string of the molecule is COc1cc(N)ccc1NC(=O)CN1CCNC(=O)CC1. The fraction of sp³-hybridized carbons (Fsp3) is 0.429. The summed E-state index contributed by atoms with van der Waals surface area (Å²) in [7, 11) is 1.52. The van der Waals surface area contributed by atoms with E-state index in [1.807, 2.05) is 4.90 Å². The molecule has 2 amide bonds. The second-order valence-electron chi connectivity index (χ2n) is 4.88. The molecule has 0 aliphatic carbocycles. The average Bonchev–Trinajstić information content (AvgIpc) is 2.65. The van der Waals surface area contributed by atoms with Gasteiger partial charge in [0.1, 0.15) is 5.75 Å². The number of methoxy groups -OCH3 is 1. The van der Waals surface area contributed by atoms with E-state index in [-0.39, 0.29) is 18.4 Å². The predicted molar refractivity (Wildman–Crippen MR) is 80.1 cm³/mol. The van der Waals surface area contributed by atoms with Gasteiger partial charge < -0.3 is 21.1 Å². The number of amides is 2. The van der Waals surface area contributed by atoms with Gasteiger partial charge in [-0.15, -0.1) is 0 Å². The normalized spacial score (nSPS) is 16.0. The van der Waals surface area contributed by atoms with Crippen molar-refractivity contribution in [3.8, 4) is 5.75 Å². The number of hydrogen-bond donors (Lipinski definition) is 3. The summed E-state index contributed by atoms with van der Waals surface area (Å²) in [5, 5.41) is 5.58. The number of benzene rings is 1. The number of ether oxygens (including phenoxy) is 1. The van der Waals surface area contributed by atoms with Crippen molar-refractivity contribution in [3.63, 3.8) is 0 Å². The maximum atomic E-state index is 12.1. The van der Waals surface area contributed by atoms with E-state index in [2.05, 4.69) is 10.6 Å². The molecule has 0 unspecified atom stereocenters. The summed E-state index contributed by atoms with van der Waals surface area (Å²) in [6, 6.07) is 5.07. The summed E-state index contributed by atoms with van der Waals surface area (Å²) in [5.41, 5.74) is 6.83. The maximum absolute atomic E-state index is 12.1. The smallest absolute Gasteiger partial charge is 0.238 e. The molecule has 0 radical (unpaired) electrons. The van der Waals surface area contributed by atoms with E-state index < -0.39 is 0 Å². The first-order chi connectivity index (χ1) is 10.1. The molecule has 0 spiro atoms. The lowest BCUT2D eigenvalue weighted by molar-refractivity contribution is -0.121. The van der Waals surface area contributed by atoms with Crippen LogP contribution in [0.25, 0.3) is 0 Å². The lowest BCUT2D eigenvalue weighted by atomic mass is 10.2. The van der Waals surface area contributed by atoms with Gasteiger partial charge in [-0.3, -0.25) is 14.5 Å². The number of nitrogens with zero attached hydrogens (tertiary/aromatic N) is 1. The van der Waals surface area contributed by atoms with Gasteiger partial charge in [-0.25, -0.2) is 0 Å². The van der Waals surface area contributed by atoms with Crippen LogP contribution in [-0.4, -0.2) is 50.0 Å². The monoisotopic (exact) mass is 292 g/mol. The van der Waals surface area contributed by atoms with Crippen LogP contribution >= 0.6 is 0 Å². The molecule has 7 nitrogen and oxygen atoms in total. The highest BCUT2D eigenvalue weighted by Crippen LogP contribution is 2.26. The second-order valence-corrected chi connectivity index (χ2v) is 4.88. The summed E-state index contributed by atoms with van der Waals surface area (Å²) in [6.07, 6.45) is 0.415. The molecule has 0 aromatic heterocycles. The Bertz CT molecular complexity index is 533. The number of nitrogen functional groups attached to an aromatic ring is 1. The molecule has 1 aromatic rings. The van der Waals surface area contributed by atoms with E-state index in [9.17, 15) is 9.59 Å². The molecule has 21 heavy (non-hydrogen) atoms. The van der Waals surface area contributed by atoms with Crippen LogP contribution in [0.4, 0.5) is 11.4 Å². The lowest BCUT2D eigenvalue weighted by Crippen LogP contribution is -2.35. The Morgan fingerprint density at radius 2 is 2.29 bits per heavy atom. The third-order valence-corrected chi connectivity index (χ3v) is 3.27. The highest BCUT2D eigenvalue weighted by molar-refractivity contribution is 5.94. The van der Waals surface area contributed by atoms with Gasteiger partial charge in [0.2, 0.25) is 11.8 Å². The van der Waals surface area contributed by atoms with Crippen LogP contribution in [0, 0.1) is 0 Å². The van der Waals surface area contributed by atoms with Crippen LogP contribution < -0.4 is 21.1 Å². The molecule has 114 valence electrons. The van der Waals surface area contributed by atoms with Crippen LogP contribution in [0.3, 0.4) is 0 Å². The highest BCUT2D eigenvalue weighted by Gasteiger charge is 2.16. The lowest BCUT2D eigenvalue weighted by Gasteiger charge is -2.18. The number of rotatable bonds is 4. The van der Waals surface area contributed by atoms with Crippen LogP contribution in [0.1, 0.15) is 6.42 Å². The fourth-order valence-corrected chi connectivity index (χ4v) is 2.18. The molecule has 4 N–H and O–H groups in total. The molecule has 7 heteroatoms. The number of nitrogens with one attached hydrogen (secondary N) is 2. The van der Waals surface area contributed by atoms with Crippen molar-refractivity contribution in [1.82, 2.24) is 10.2 Å². The zero-order chi connectivity index (χ0) is 15.2. The first kappa shape index (κ1) is 15.1. The molecule has 1 aliphatic heterocycles. The van der Waals surface area contributed by atoms with Gasteiger partial charge in [0.25, 0.3) is 0 Å². The third-order valence-electron chi connectivity index (χ3n) is 3.27. The van der Waals surface area contributed by atoms with Gasteiger partial charge in [0.15, 0.2) is 0 Å². The van der Waals surface area contributed by atoms with Gasteiger partial charge in [-0.2, -0.15) is 0 Å². The number of carbonyl (C=O) groups excluding carboxylic acids is 2. The van der Waals surface area contributed by atoms with Crippen LogP contribution in [0.5, 0.6) is 5.75 Å². The molecule has 1 fully saturated rings. The van der Waals surface area contributed by atoms with E-state index in [1.54, 1.807) is 18.2 Å². The van der Waals surface area contributed by atoms with Gasteiger partial charge >= 0.3 is 0 Å². The van der Waals surface area contributed by atoms with Crippen molar-refractivity contribution in [2.24, 2.45) is 0 Å². The minimum absolute atomic E-state index is 0.0260. The van der Waals surface area contributed by atoms with Gasteiger partial charge in [-0.1, -0.05) is 0 Å². The molecule has 1 heterocycles. The standard InChI is InChI=1S/C14H20N4O3/c1-21-12-8-10(15)2-3-11(12)17-14(20)9-18-6-4-13(19)16-5-7-18/h2-3,8H,4-7,9,15H2,1H3,(H,16,19)(H,17,20). The van der Waals surface area contributed by atoms with Crippen molar-refractivity contribution < 1.29 is 14.3 Å². The second kappa shape index (κ2) is 6.94. The Labute approximate surface area is 123 Å². The molecule has 2 rings (SSSR count). The number of nitrogens with two attached hydrogens (primary N) is 1. The Balaban J connectivity index is 1.94. The Morgan fingerprint density at radius 3 is 3.05 bits per heavy atom. The number of hydrogen-bond acceptors (Lipinski definition) is 5. The molecule has 0 saturated carbocycles. The molecular formula is C14H20N4O3. The van der Waals surface area contributed by atoms with E-state index in [1.165, 1.54) is 7.11 Å². The quantitative estimate of drug-likeness (QED) is 0.681. The fourth-order valence-electron chi connectivity index (χ4n) is 2.18. The van der Waals surface area contributed by atoms with Crippen molar-refractivity contribution in [3.05, 3.63) is 18.2 Å².